The van der Waals surface area contributed by atoms with Crippen molar-refractivity contribution in [1.29, 1.82) is 0 Å². The molecular formula is C25H36N2O8S. The number of ether oxygens (including phenoxy) is 1. The van der Waals surface area contributed by atoms with Crippen molar-refractivity contribution in [2.75, 3.05) is 34.4 Å². The molecule has 0 atom stereocenters. The maximum atomic E-state index is 13.4. The first-order valence-electron chi connectivity index (χ1n) is 11.3. The molecule has 0 unspecified atom stereocenters. The van der Waals surface area contributed by atoms with Crippen molar-refractivity contribution < 1.29 is 38.0 Å². The lowest BCUT2D eigenvalue weighted by atomic mass is 9.66. The number of aliphatic hydroxyl groups excluding tert-OH is 1. The van der Waals surface area contributed by atoms with Crippen molar-refractivity contribution in [3.63, 3.8) is 0 Å². The van der Waals surface area contributed by atoms with Gasteiger partial charge in [-0.2, -0.15) is 12.7 Å². The minimum absolute atomic E-state index is 0.0754. The Morgan fingerprint density at radius 3 is 2.11 bits per heavy atom. The molecule has 3 N–H and O–H groups in total. The largest absolute Gasteiger partial charge is 0.432 e. The van der Waals surface area contributed by atoms with Gasteiger partial charge in [-0.15, -0.1) is 5.92 Å². The van der Waals surface area contributed by atoms with E-state index in [4.69, 9.17) is 15.1 Å². The summed E-state index contributed by atoms with van der Waals surface area (Å²) in [6.45, 7) is 6.63. The van der Waals surface area contributed by atoms with Crippen LogP contribution in [-0.2, 0) is 29.4 Å². The molecule has 0 radical (unpaired) electrons. The Labute approximate surface area is 213 Å². The number of hydrogen-bond donors (Lipinski definition) is 3. The zero-order chi connectivity index (χ0) is 27.5. The average Bonchev–Trinajstić information content (AvgIpc) is 2.83. The van der Waals surface area contributed by atoms with Gasteiger partial charge in [0.2, 0.25) is 0 Å². The van der Waals surface area contributed by atoms with E-state index in [9.17, 15) is 18.0 Å². The van der Waals surface area contributed by atoms with E-state index < -0.39 is 15.6 Å². The first-order valence-corrected chi connectivity index (χ1v) is 12.7. The molecule has 1 aliphatic heterocycles. The molecule has 1 heterocycles. The second-order valence-electron chi connectivity index (χ2n) is 8.44. The Bertz CT molecular complexity index is 1100. The standard InChI is InChI=1S/C23H28N2O5S.CH4O2.CH4O/c1-5-6-18-11-16(2)21(17(3)12-18)22-19(27)13-23(14-20(22)30-15-26)7-9-25(10-8-23)31(28,29)24-4;1-3-2;1-2/h11-12,15,24H,7-10,13-14H2,1-4H3;2H,1H3;2H,1H3. The highest BCUT2D eigenvalue weighted by molar-refractivity contribution is 7.87. The van der Waals surface area contributed by atoms with E-state index in [2.05, 4.69) is 21.5 Å². The predicted molar refractivity (Wildman–Crippen MR) is 136 cm³/mol. The molecule has 1 aromatic rings. The third-order valence-electron chi connectivity index (χ3n) is 6.25. The lowest BCUT2D eigenvalue weighted by molar-refractivity contribution is -0.214. The van der Waals surface area contributed by atoms with Crippen molar-refractivity contribution in [3.05, 3.63) is 40.1 Å². The maximum Gasteiger partial charge on any atom is 0.298 e. The summed E-state index contributed by atoms with van der Waals surface area (Å²) in [5.74, 6) is 6.22. The monoisotopic (exact) mass is 524 g/mol. The number of ketones is 1. The van der Waals surface area contributed by atoms with Crippen LogP contribution in [0.5, 0.6) is 0 Å². The average molecular weight is 525 g/mol. The summed E-state index contributed by atoms with van der Waals surface area (Å²) in [6, 6.07) is 3.87. The molecule has 200 valence electrons. The summed E-state index contributed by atoms with van der Waals surface area (Å²) in [5.41, 5.74) is 3.51. The number of carbonyl (C=O) groups is 2. The number of Topliss-reactive ketones (excluding diaryl/α,β-unsaturated/α-hetero) is 1. The van der Waals surface area contributed by atoms with Gasteiger partial charge in [0.25, 0.3) is 16.7 Å². The van der Waals surface area contributed by atoms with Crippen molar-refractivity contribution in [2.45, 2.75) is 46.5 Å². The first kappa shape index (κ1) is 31.4. The molecule has 1 spiro atoms. The van der Waals surface area contributed by atoms with Crippen molar-refractivity contribution >= 4 is 28.0 Å². The third-order valence-corrected chi connectivity index (χ3v) is 7.81. The fraction of sp³-hybridized carbons (Fsp3) is 0.520. The van der Waals surface area contributed by atoms with E-state index in [-0.39, 0.29) is 5.78 Å². The number of allylic oxidation sites excluding steroid dienone is 2. The summed E-state index contributed by atoms with van der Waals surface area (Å²) in [5, 5.41) is 14.1. The predicted octanol–water partition coefficient (Wildman–Crippen LogP) is 2.18. The van der Waals surface area contributed by atoms with E-state index in [1.165, 1.54) is 18.5 Å². The second-order valence-corrected chi connectivity index (χ2v) is 10.3. The zero-order valence-corrected chi connectivity index (χ0v) is 22.5. The van der Waals surface area contributed by atoms with E-state index in [0.29, 0.717) is 56.6 Å². The summed E-state index contributed by atoms with van der Waals surface area (Å²) >= 11 is 0. The maximum absolute atomic E-state index is 13.4. The number of piperidine rings is 1. The Morgan fingerprint density at radius 2 is 1.67 bits per heavy atom. The third kappa shape index (κ3) is 7.46. The molecule has 0 amide bonds. The fourth-order valence-corrected chi connectivity index (χ4v) is 5.69. The number of nitrogens with zero attached hydrogens (tertiary/aromatic N) is 1. The van der Waals surface area contributed by atoms with Crippen LogP contribution in [0.1, 0.15) is 54.9 Å². The van der Waals surface area contributed by atoms with Crippen LogP contribution in [0.4, 0.5) is 0 Å². The smallest absolute Gasteiger partial charge is 0.298 e. The van der Waals surface area contributed by atoms with Crippen LogP contribution >= 0.6 is 0 Å². The van der Waals surface area contributed by atoms with Gasteiger partial charge in [-0.1, -0.05) is 5.92 Å². The molecule has 1 aliphatic carbocycles. The molecule has 0 saturated carbocycles. The zero-order valence-electron chi connectivity index (χ0n) is 21.7. The van der Waals surface area contributed by atoms with Gasteiger partial charge in [-0.05, 0) is 67.9 Å². The van der Waals surface area contributed by atoms with Gasteiger partial charge >= 0.3 is 0 Å². The van der Waals surface area contributed by atoms with Gasteiger partial charge in [0, 0.05) is 45.7 Å². The summed E-state index contributed by atoms with van der Waals surface area (Å²) in [6.07, 6.45) is 1.79. The number of aryl methyl sites for hydroxylation is 2. The van der Waals surface area contributed by atoms with Crippen LogP contribution in [-0.4, -0.2) is 69.7 Å². The van der Waals surface area contributed by atoms with Gasteiger partial charge in [-0.3, -0.25) is 14.8 Å². The van der Waals surface area contributed by atoms with E-state index in [0.717, 1.165) is 29.4 Å². The van der Waals surface area contributed by atoms with E-state index >= 15 is 0 Å². The fourth-order valence-electron chi connectivity index (χ4n) is 4.77. The van der Waals surface area contributed by atoms with Crippen molar-refractivity contribution in [3.8, 4) is 11.8 Å². The Morgan fingerprint density at radius 1 is 1.14 bits per heavy atom. The molecule has 0 aromatic heterocycles. The van der Waals surface area contributed by atoms with Crippen LogP contribution in [0.2, 0.25) is 0 Å². The molecule has 11 heteroatoms. The van der Waals surface area contributed by atoms with Crippen LogP contribution in [0.3, 0.4) is 0 Å². The molecule has 2 aliphatic rings. The number of nitrogens with one attached hydrogen (secondary N) is 1. The van der Waals surface area contributed by atoms with Crippen LogP contribution in [0.15, 0.2) is 17.9 Å². The molecule has 10 nitrogen and oxygen atoms in total. The highest BCUT2D eigenvalue weighted by Crippen LogP contribution is 2.48. The highest BCUT2D eigenvalue weighted by Gasteiger charge is 2.45. The van der Waals surface area contributed by atoms with Gasteiger partial charge < -0.3 is 9.84 Å². The number of rotatable bonds is 5. The topological polar surface area (TPSA) is 142 Å². The van der Waals surface area contributed by atoms with Gasteiger partial charge in [0.1, 0.15) is 5.76 Å². The normalized spacial score (nSPS) is 17.2. The Kier molecular flexibility index (Phi) is 12.4. The summed E-state index contributed by atoms with van der Waals surface area (Å²) < 4.78 is 33.3. The Balaban J connectivity index is 0.00000120. The van der Waals surface area contributed by atoms with Crippen LogP contribution < -0.4 is 4.72 Å². The second kappa shape index (κ2) is 14.2. The van der Waals surface area contributed by atoms with Gasteiger partial charge in [0.05, 0.1) is 12.7 Å². The van der Waals surface area contributed by atoms with Crippen molar-refractivity contribution in [2.24, 2.45) is 5.41 Å². The number of benzene rings is 1. The Hall–Kier alpha value is -2.59. The number of carbonyl (C=O) groups excluding carboxylic acids is 2. The van der Waals surface area contributed by atoms with Gasteiger partial charge in [0.15, 0.2) is 5.78 Å². The molecule has 36 heavy (non-hydrogen) atoms. The summed E-state index contributed by atoms with van der Waals surface area (Å²) in [4.78, 5) is 27.9. The highest BCUT2D eigenvalue weighted by atomic mass is 32.2. The SMILES string of the molecule is CC#Cc1cc(C)c(C2=C(OC=O)CC3(CCN(S(=O)(=O)NC)CC3)CC2=O)c(C)c1.CO.COO. The molecule has 1 aromatic carbocycles. The van der Waals surface area contributed by atoms with E-state index in [1.54, 1.807) is 6.92 Å². The minimum Gasteiger partial charge on any atom is -0.432 e. The quantitative estimate of drug-likeness (QED) is 0.230. The lowest BCUT2D eigenvalue weighted by Gasteiger charge is -2.43. The first-order chi connectivity index (χ1) is 17.1. The number of aliphatic hydroxyl groups is 1. The molecule has 1 fully saturated rings. The molecular weight excluding hydrogens is 488 g/mol. The number of hydrogen-bond acceptors (Lipinski definition) is 8. The van der Waals surface area contributed by atoms with Crippen LogP contribution in [0, 0.1) is 31.1 Å². The molecule has 1 saturated heterocycles. The van der Waals surface area contributed by atoms with Crippen LogP contribution in [0.25, 0.3) is 5.57 Å². The lowest BCUT2D eigenvalue weighted by Crippen LogP contribution is -2.48. The molecule has 3 rings (SSSR count). The molecule has 0 bridgehead atoms. The summed E-state index contributed by atoms with van der Waals surface area (Å²) in [7, 11) is 0.0666. The van der Waals surface area contributed by atoms with E-state index in [1.807, 2.05) is 26.0 Å². The minimum atomic E-state index is -3.50. The van der Waals surface area contributed by atoms with Gasteiger partial charge in [-0.25, -0.2) is 9.61 Å². The van der Waals surface area contributed by atoms with Crippen molar-refractivity contribution in [1.82, 2.24) is 9.03 Å².